The molecule has 10 heteroatoms. The molecule has 5 rings (SSSR count). The Balaban J connectivity index is 1.69. The second kappa shape index (κ2) is 13.1. The van der Waals surface area contributed by atoms with E-state index in [-0.39, 0.29) is 46.1 Å². The van der Waals surface area contributed by atoms with Crippen LogP contribution >= 0.6 is 21.6 Å². The molecule has 216 valence electrons. The predicted octanol–water partition coefficient (Wildman–Crippen LogP) is 5.57. The first-order valence-electron chi connectivity index (χ1n) is 13.9. The smallest absolute Gasteiger partial charge is 0.163 e. The molecule has 0 amide bonds. The Hall–Kier alpha value is -3.37. The van der Waals surface area contributed by atoms with Gasteiger partial charge in [0.05, 0.1) is 25.4 Å². The Bertz CT molecular complexity index is 1390. The fourth-order valence-corrected chi connectivity index (χ4v) is 8.89. The van der Waals surface area contributed by atoms with Crippen LogP contribution in [0.4, 0.5) is 5.82 Å². The Kier molecular flexibility index (Phi) is 9.29. The quantitative estimate of drug-likeness (QED) is 0.236. The summed E-state index contributed by atoms with van der Waals surface area (Å²) in [7, 11) is 5.09. The van der Waals surface area contributed by atoms with Gasteiger partial charge in [-0.2, -0.15) is 0 Å². The maximum atomic E-state index is 12.8. The Morgan fingerprint density at radius 3 is 2.78 bits per heavy atom. The van der Waals surface area contributed by atoms with Crippen LogP contribution in [0.3, 0.4) is 0 Å². The number of aromatic hydroxyl groups is 1. The average Bonchev–Trinajstić information content (AvgIpc) is 3.47. The number of nitrogens with one attached hydrogen (secondary N) is 1. The maximum absolute atomic E-state index is 12.8. The molecular formula is C31H36N4O4S2. The number of pyridine rings is 1. The number of hydrogen-bond donors (Lipinski definition) is 3. The normalized spacial score (nSPS) is 26.1. The van der Waals surface area contributed by atoms with Gasteiger partial charge in [0.25, 0.3) is 0 Å². The van der Waals surface area contributed by atoms with Crippen LogP contribution in [0.2, 0.25) is 0 Å². The Morgan fingerprint density at radius 1 is 1.17 bits per heavy atom. The molecule has 1 aliphatic carbocycles. The molecule has 4 atom stereocenters. The van der Waals surface area contributed by atoms with E-state index in [2.05, 4.69) is 46.5 Å². The van der Waals surface area contributed by atoms with Crippen LogP contribution in [-0.4, -0.2) is 52.1 Å². The van der Waals surface area contributed by atoms with Crippen molar-refractivity contribution in [3.63, 3.8) is 0 Å². The lowest BCUT2D eigenvalue weighted by Gasteiger charge is -2.30. The van der Waals surface area contributed by atoms with Gasteiger partial charge in [0.1, 0.15) is 11.6 Å². The molecule has 4 bridgehead atoms. The third-order valence-electron chi connectivity index (χ3n) is 7.87. The number of nitrogens with zero attached hydrogens (tertiary/aromatic N) is 2. The van der Waals surface area contributed by atoms with E-state index in [1.807, 2.05) is 17.0 Å². The first kappa shape index (κ1) is 29.1. The number of methoxy groups -OCH3 is 1. The highest BCUT2D eigenvalue weighted by Crippen LogP contribution is 2.48. The molecule has 2 aliphatic heterocycles. The van der Waals surface area contributed by atoms with Gasteiger partial charge < -0.3 is 25.8 Å². The standard InChI is InChI=1S/C31H36N4O4S2/c1-3-19-4-6-22(36)14-23(37)7-5-20-13-28(39-2)27(38)15-25(20)24-8-9-29(19)40-41-30(17-35-11-10-33-18-35)26-12-21(24)16-34-31(26)32/h5,7-13,15-16,19,24,29-30,33,38H,3-4,6,14,17-18H2,1-2H3,(H2,32,34)/b7-5+,9-8+/t19-,24+,29+,30-/m0/s1. The number of ether oxygens (including phenoxy) is 1. The SMILES string of the molecule is CC[C@H]1CCC(=O)CC(=O)/C=C/c2cc(OC)c(O)cc2[C@@H]2/C=C/[C@H]1SS[C@@H](CN1C=CNC1)c1cc2cnc1N. The number of phenolic OH excluding ortho intramolecular Hbond substituents is 1. The molecule has 0 unspecified atom stereocenters. The molecule has 1 aromatic carbocycles. The van der Waals surface area contributed by atoms with Crippen molar-refractivity contribution in [2.45, 2.75) is 49.0 Å². The van der Waals surface area contributed by atoms with Crippen LogP contribution in [0.5, 0.6) is 11.5 Å². The topological polar surface area (TPSA) is 118 Å². The van der Waals surface area contributed by atoms with Crippen molar-refractivity contribution in [1.29, 1.82) is 0 Å². The summed E-state index contributed by atoms with van der Waals surface area (Å²) in [6.45, 7) is 3.65. The number of fused-ring (bicyclic) bond motifs is 7. The van der Waals surface area contributed by atoms with Crippen LogP contribution in [0.1, 0.15) is 66.0 Å². The Labute approximate surface area is 248 Å². The molecule has 0 saturated carbocycles. The van der Waals surface area contributed by atoms with Crippen molar-refractivity contribution in [2.75, 3.05) is 26.1 Å². The highest BCUT2D eigenvalue weighted by Gasteiger charge is 2.29. The first-order valence-corrected chi connectivity index (χ1v) is 16.2. The van der Waals surface area contributed by atoms with Gasteiger partial charge in [-0.05, 0) is 53.3 Å². The summed E-state index contributed by atoms with van der Waals surface area (Å²) in [6.07, 6.45) is 15.3. The van der Waals surface area contributed by atoms with Crippen molar-refractivity contribution >= 4 is 45.0 Å². The molecule has 0 saturated heterocycles. The molecular weight excluding hydrogens is 556 g/mol. The number of hydrogen-bond acceptors (Lipinski definition) is 10. The number of carbonyl (C=O) groups excluding carboxylic acids is 2. The van der Waals surface area contributed by atoms with Crippen LogP contribution in [0.25, 0.3) is 6.08 Å². The fourth-order valence-electron chi connectivity index (χ4n) is 5.50. The summed E-state index contributed by atoms with van der Waals surface area (Å²) in [5, 5.41) is 14.2. The predicted molar refractivity (Wildman–Crippen MR) is 167 cm³/mol. The van der Waals surface area contributed by atoms with Crippen molar-refractivity contribution in [1.82, 2.24) is 15.2 Å². The summed E-state index contributed by atoms with van der Waals surface area (Å²) in [5.74, 6) is 0.508. The number of phenols is 1. The third kappa shape index (κ3) is 6.76. The number of carbonyl (C=O) groups is 2. The highest BCUT2D eigenvalue weighted by atomic mass is 33.1. The molecule has 3 heterocycles. The van der Waals surface area contributed by atoms with Gasteiger partial charge >= 0.3 is 0 Å². The van der Waals surface area contributed by atoms with Crippen LogP contribution < -0.4 is 15.8 Å². The monoisotopic (exact) mass is 592 g/mol. The van der Waals surface area contributed by atoms with E-state index in [4.69, 9.17) is 10.5 Å². The molecule has 3 aliphatic rings. The number of ketones is 2. The summed E-state index contributed by atoms with van der Waals surface area (Å²) >= 11 is 0. The second-order valence-corrected chi connectivity index (χ2v) is 13.2. The number of rotatable bonds is 4. The number of nitrogens with two attached hydrogens (primary N) is 1. The lowest BCUT2D eigenvalue weighted by molar-refractivity contribution is -0.124. The van der Waals surface area contributed by atoms with Gasteiger partial charge in [-0.25, -0.2) is 4.98 Å². The van der Waals surface area contributed by atoms with Crippen molar-refractivity contribution < 1.29 is 19.4 Å². The van der Waals surface area contributed by atoms with Crippen LogP contribution in [0.15, 0.2) is 55.0 Å². The van der Waals surface area contributed by atoms with Crippen molar-refractivity contribution in [2.24, 2.45) is 5.92 Å². The number of Topliss-reactive ketones (excluding diaryl/α,β-unsaturated/α-hetero) is 1. The maximum Gasteiger partial charge on any atom is 0.163 e. The van der Waals surface area contributed by atoms with E-state index in [1.54, 1.807) is 35.2 Å². The van der Waals surface area contributed by atoms with E-state index in [1.165, 1.54) is 13.2 Å². The number of allylic oxidation sites excluding steroid dienone is 2. The molecule has 41 heavy (non-hydrogen) atoms. The minimum absolute atomic E-state index is 0.00973. The molecule has 4 N–H and O–H groups in total. The molecule has 8 nitrogen and oxygen atoms in total. The van der Waals surface area contributed by atoms with Gasteiger partial charge in [-0.15, -0.1) is 0 Å². The summed E-state index contributed by atoms with van der Waals surface area (Å²) in [4.78, 5) is 32.3. The largest absolute Gasteiger partial charge is 0.504 e. The number of anilines is 1. The zero-order chi connectivity index (χ0) is 28.9. The number of benzene rings is 1. The number of nitrogen functional groups attached to an aromatic ring is 1. The molecule has 0 fully saturated rings. The Morgan fingerprint density at radius 2 is 2.02 bits per heavy atom. The zero-order valence-corrected chi connectivity index (χ0v) is 24.9. The number of aromatic nitrogens is 1. The van der Waals surface area contributed by atoms with Gasteiger partial charge in [-0.1, -0.05) is 53.2 Å². The third-order valence-corrected chi connectivity index (χ3v) is 11.1. The average molecular weight is 593 g/mol. The van der Waals surface area contributed by atoms with E-state index in [0.717, 1.165) is 41.9 Å². The van der Waals surface area contributed by atoms with Gasteiger partial charge in [-0.3, -0.25) is 9.59 Å². The second-order valence-electron chi connectivity index (χ2n) is 10.6. The van der Waals surface area contributed by atoms with Gasteiger partial charge in [0.15, 0.2) is 17.3 Å². The summed E-state index contributed by atoms with van der Waals surface area (Å²) in [5.41, 5.74) is 9.94. The van der Waals surface area contributed by atoms with Crippen LogP contribution in [-0.2, 0) is 9.59 Å². The van der Waals surface area contributed by atoms with E-state index >= 15 is 0 Å². The lowest BCUT2D eigenvalue weighted by atomic mass is 9.85. The van der Waals surface area contributed by atoms with E-state index < -0.39 is 0 Å². The van der Waals surface area contributed by atoms with Crippen LogP contribution in [0, 0.1) is 5.92 Å². The van der Waals surface area contributed by atoms with Crippen molar-refractivity contribution in [3.8, 4) is 11.5 Å². The lowest BCUT2D eigenvalue weighted by Crippen LogP contribution is -2.26. The highest BCUT2D eigenvalue weighted by molar-refractivity contribution is 8.77. The first-order chi connectivity index (χ1) is 19.9. The van der Waals surface area contributed by atoms with Crippen molar-refractivity contribution in [3.05, 3.63) is 77.3 Å². The minimum Gasteiger partial charge on any atom is -0.504 e. The van der Waals surface area contributed by atoms with Gasteiger partial charge in [0, 0.05) is 48.3 Å². The molecule has 0 radical (unpaired) electrons. The van der Waals surface area contributed by atoms with E-state index in [0.29, 0.717) is 24.4 Å². The zero-order valence-electron chi connectivity index (χ0n) is 23.3. The molecule has 2 aromatic rings. The molecule has 0 spiro atoms. The summed E-state index contributed by atoms with van der Waals surface area (Å²) in [6, 6.07) is 5.55. The molecule has 1 aromatic heterocycles. The fraction of sp³-hybridized carbons (Fsp3) is 0.387. The minimum atomic E-state index is -0.268. The van der Waals surface area contributed by atoms with Gasteiger partial charge in [0.2, 0.25) is 0 Å². The van der Waals surface area contributed by atoms with E-state index in [9.17, 15) is 14.7 Å². The summed E-state index contributed by atoms with van der Waals surface area (Å²) < 4.78 is 5.40.